The molecule has 1 aromatic carbocycles. The smallest absolute Gasteiger partial charge is 0.408 e. The van der Waals surface area contributed by atoms with Gasteiger partial charge in [0.2, 0.25) is 0 Å². The Morgan fingerprint density at radius 2 is 2.11 bits per heavy atom. The summed E-state index contributed by atoms with van der Waals surface area (Å²) in [7, 11) is 3.10. The highest BCUT2D eigenvalue weighted by atomic mass is 16.5. The summed E-state index contributed by atoms with van der Waals surface area (Å²) in [6.45, 7) is 1.20. The molecule has 0 saturated carbocycles. The summed E-state index contributed by atoms with van der Waals surface area (Å²) in [6.07, 6.45) is 2.36. The number of fused-ring (bicyclic) bond motifs is 1. The first-order valence-corrected chi connectivity index (χ1v) is 8.85. The second-order valence-corrected chi connectivity index (χ2v) is 6.46. The van der Waals surface area contributed by atoms with Gasteiger partial charge in [-0.15, -0.1) is 0 Å². The van der Waals surface area contributed by atoms with Gasteiger partial charge in [-0.25, -0.2) is 14.3 Å². The zero-order valence-corrected chi connectivity index (χ0v) is 15.6. The van der Waals surface area contributed by atoms with Gasteiger partial charge in [-0.2, -0.15) is 5.10 Å². The normalized spacial score (nSPS) is 19.6. The van der Waals surface area contributed by atoms with Crippen LogP contribution in [0.4, 0.5) is 4.79 Å². The van der Waals surface area contributed by atoms with Gasteiger partial charge < -0.3 is 19.9 Å². The number of nitrogens with zero attached hydrogens (tertiary/aromatic N) is 4. The topological polar surface area (TPSA) is 101 Å². The molecule has 1 aliphatic rings. The highest BCUT2D eigenvalue weighted by Gasteiger charge is 2.48. The fourth-order valence-electron chi connectivity index (χ4n) is 3.86. The molecule has 0 bridgehead atoms. The summed E-state index contributed by atoms with van der Waals surface area (Å²) in [5, 5.41) is 18.0. The number of hydrogen-bond donors (Lipinski definition) is 2. The number of nitrogens with one attached hydrogen (secondary N) is 1. The number of imidazole rings is 1. The Hall–Kier alpha value is -3.33. The number of hydrogen-bond acceptors (Lipinski definition) is 6. The van der Waals surface area contributed by atoms with Gasteiger partial charge in [0.25, 0.3) is 0 Å². The Morgan fingerprint density at radius 1 is 1.25 bits per heavy atom. The van der Waals surface area contributed by atoms with Gasteiger partial charge in [0.05, 0.1) is 19.9 Å². The third-order valence-electron chi connectivity index (χ3n) is 5.11. The third kappa shape index (κ3) is 2.63. The van der Waals surface area contributed by atoms with Crippen LogP contribution in [0.1, 0.15) is 11.3 Å². The molecule has 28 heavy (non-hydrogen) atoms. The fourth-order valence-corrected chi connectivity index (χ4v) is 3.86. The van der Waals surface area contributed by atoms with E-state index in [1.165, 1.54) is 4.90 Å². The Bertz CT molecular complexity index is 1020. The van der Waals surface area contributed by atoms with Crippen LogP contribution in [0.2, 0.25) is 0 Å². The summed E-state index contributed by atoms with van der Waals surface area (Å²) < 4.78 is 12.7. The molecule has 1 fully saturated rings. The summed E-state index contributed by atoms with van der Waals surface area (Å²) in [5.74, 6) is 1.01. The molecule has 9 nitrogen and oxygen atoms in total. The van der Waals surface area contributed by atoms with E-state index in [1.807, 2.05) is 24.3 Å². The van der Waals surface area contributed by atoms with Crippen molar-refractivity contribution in [1.29, 1.82) is 0 Å². The number of piperazine rings is 1. The van der Waals surface area contributed by atoms with Crippen molar-refractivity contribution >= 4 is 11.7 Å². The van der Waals surface area contributed by atoms with Gasteiger partial charge in [-0.3, -0.25) is 4.90 Å². The molecule has 0 aliphatic carbocycles. The zero-order valence-electron chi connectivity index (χ0n) is 15.6. The molecule has 3 heterocycles. The number of methoxy groups -OCH3 is 2. The van der Waals surface area contributed by atoms with E-state index in [-0.39, 0.29) is 0 Å². The number of benzene rings is 1. The zero-order chi connectivity index (χ0) is 19.7. The van der Waals surface area contributed by atoms with Gasteiger partial charge in [0.1, 0.15) is 5.54 Å². The molecule has 2 N–H and O–H groups in total. The first-order valence-electron chi connectivity index (χ1n) is 8.85. The van der Waals surface area contributed by atoms with Crippen LogP contribution in [-0.4, -0.2) is 64.6 Å². The van der Waals surface area contributed by atoms with Crippen LogP contribution in [0.5, 0.6) is 11.5 Å². The molecule has 2 aromatic heterocycles. The summed E-state index contributed by atoms with van der Waals surface area (Å²) in [6, 6.07) is 9.09. The SMILES string of the molecule is COc1cccc(C2(c3ccc4nccn4n3)CNCCN2C(=O)O)c1OC. The molecule has 1 atom stereocenters. The predicted molar refractivity (Wildman–Crippen MR) is 101 cm³/mol. The van der Waals surface area contributed by atoms with Crippen molar-refractivity contribution in [1.82, 2.24) is 24.8 Å². The number of carbonyl (C=O) groups is 1. The maximum atomic E-state index is 12.3. The lowest BCUT2D eigenvalue weighted by molar-refractivity contribution is 0.0721. The average Bonchev–Trinajstić information content (AvgIpc) is 3.20. The molecule has 3 aromatic rings. The van der Waals surface area contributed by atoms with Crippen LogP contribution in [0, 0.1) is 0 Å². The standard InChI is InChI=1S/C19H21N5O4/c1-27-14-5-3-4-13(17(14)28-2)19(12-20-8-10-23(19)18(25)26)15-6-7-16-21-9-11-24(16)22-15/h3-7,9,11,20H,8,10,12H2,1-2H3,(H,25,26). The number of para-hydroxylation sites is 1. The highest BCUT2D eigenvalue weighted by Crippen LogP contribution is 2.44. The van der Waals surface area contributed by atoms with Gasteiger partial charge >= 0.3 is 6.09 Å². The fraction of sp³-hybridized carbons (Fsp3) is 0.316. The van der Waals surface area contributed by atoms with E-state index < -0.39 is 11.6 Å². The molecule has 1 saturated heterocycles. The number of amides is 1. The predicted octanol–water partition coefficient (Wildman–Crippen LogP) is 1.57. The Balaban J connectivity index is 2.03. The van der Waals surface area contributed by atoms with Crippen LogP contribution < -0.4 is 14.8 Å². The molecular formula is C19H21N5O4. The van der Waals surface area contributed by atoms with E-state index in [9.17, 15) is 9.90 Å². The summed E-state index contributed by atoms with van der Waals surface area (Å²) in [4.78, 5) is 17.9. The van der Waals surface area contributed by atoms with Crippen LogP contribution >= 0.6 is 0 Å². The van der Waals surface area contributed by atoms with Crippen molar-refractivity contribution in [3.05, 3.63) is 54.0 Å². The molecular weight excluding hydrogens is 362 g/mol. The molecule has 1 amide bonds. The van der Waals surface area contributed by atoms with Crippen molar-refractivity contribution in [3.8, 4) is 11.5 Å². The Kier molecular flexibility index (Phi) is 4.52. The molecule has 0 spiro atoms. The van der Waals surface area contributed by atoms with Gasteiger partial charge in [0.15, 0.2) is 17.1 Å². The maximum absolute atomic E-state index is 12.3. The minimum absolute atomic E-state index is 0.305. The minimum atomic E-state index is -1.09. The van der Waals surface area contributed by atoms with E-state index in [1.54, 1.807) is 37.2 Å². The lowest BCUT2D eigenvalue weighted by Gasteiger charge is -2.46. The summed E-state index contributed by atoms with van der Waals surface area (Å²) in [5.41, 5.74) is 0.819. The van der Waals surface area contributed by atoms with Crippen molar-refractivity contribution in [2.45, 2.75) is 5.54 Å². The number of aromatic nitrogens is 3. The second-order valence-electron chi connectivity index (χ2n) is 6.46. The third-order valence-corrected chi connectivity index (χ3v) is 5.11. The van der Waals surface area contributed by atoms with Crippen molar-refractivity contribution in [2.75, 3.05) is 33.9 Å². The maximum Gasteiger partial charge on any atom is 0.408 e. The van der Waals surface area contributed by atoms with Gasteiger partial charge in [-0.05, 0) is 18.2 Å². The van der Waals surface area contributed by atoms with Crippen LogP contribution in [0.25, 0.3) is 5.65 Å². The lowest BCUT2D eigenvalue weighted by Crippen LogP contribution is -2.61. The van der Waals surface area contributed by atoms with Crippen molar-refractivity contribution in [2.24, 2.45) is 0 Å². The van der Waals surface area contributed by atoms with E-state index in [4.69, 9.17) is 9.47 Å². The van der Waals surface area contributed by atoms with E-state index in [2.05, 4.69) is 15.4 Å². The van der Waals surface area contributed by atoms with Crippen molar-refractivity contribution in [3.63, 3.8) is 0 Å². The quantitative estimate of drug-likeness (QED) is 0.705. The van der Waals surface area contributed by atoms with E-state index in [0.717, 1.165) is 0 Å². The molecule has 1 aliphatic heterocycles. The summed E-state index contributed by atoms with van der Waals surface area (Å²) >= 11 is 0. The molecule has 4 rings (SSSR count). The number of ether oxygens (including phenoxy) is 2. The molecule has 1 unspecified atom stereocenters. The van der Waals surface area contributed by atoms with E-state index >= 15 is 0 Å². The first kappa shape index (κ1) is 18.1. The minimum Gasteiger partial charge on any atom is -0.493 e. The number of carboxylic acid groups (broad SMARTS) is 1. The Labute approximate surface area is 161 Å². The Morgan fingerprint density at radius 3 is 2.86 bits per heavy atom. The molecule has 9 heteroatoms. The van der Waals surface area contributed by atoms with Gasteiger partial charge in [-0.1, -0.05) is 12.1 Å². The van der Waals surface area contributed by atoms with Gasteiger partial charge in [0, 0.05) is 37.6 Å². The van der Waals surface area contributed by atoms with E-state index in [0.29, 0.717) is 48.0 Å². The number of rotatable bonds is 4. The second kappa shape index (κ2) is 7.01. The lowest BCUT2D eigenvalue weighted by atomic mass is 9.82. The average molecular weight is 383 g/mol. The first-order chi connectivity index (χ1) is 13.6. The monoisotopic (exact) mass is 383 g/mol. The largest absolute Gasteiger partial charge is 0.493 e. The van der Waals surface area contributed by atoms with Crippen LogP contribution in [0.15, 0.2) is 42.7 Å². The molecule has 146 valence electrons. The highest BCUT2D eigenvalue weighted by molar-refractivity contribution is 5.69. The molecule has 0 radical (unpaired) electrons. The van der Waals surface area contributed by atoms with Crippen LogP contribution in [-0.2, 0) is 5.54 Å². The van der Waals surface area contributed by atoms with Crippen LogP contribution in [0.3, 0.4) is 0 Å². The van der Waals surface area contributed by atoms with Crippen molar-refractivity contribution < 1.29 is 19.4 Å².